The van der Waals surface area contributed by atoms with Crippen molar-refractivity contribution in [3.63, 3.8) is 0 Å². The van der Waals surface area contributed by atoms with Crippen molar-refractivity contribution in [2.45, 2.75) is 13.8 Å². The van der Waals surface area contributed by atoms with Gasteiger partial charge >= 0.3 is 0 Å². The zero-order chi connectivity index (χ0) is 10.6. The van der Waals surface area contributed by atoms with E-state index in [0.717, 1.165) is 17.8 Å². The second kappa shape index (κ2) is 4.65. The zero-order valence-corrected chi connectivity index (χ0v) is 8.85. The molecule has 0 unspecified atom stereocenters. The number of nitrogens with one attached hydrogen (secondary N) is 2. The maximum absolute atomic E-state index is 11.5. The Morgan fingerprint density at radius 1 is 1.43 bits per heavy atom. The van der Waals surface area contributed by atoms with Gasteiger partial charge in [0.2, 0.25) is 0 Å². The van der Waals surface area contributed by atoms with Gasteiger partial charge in [-0.3, -0.25) is 4.79 Å². The molecule has 1 aromatic carbocycles. The highest BCUT2D eigenvalue weighted by Crippen LogP contribution is 2.16. The summed E-state index contributed by atoms with van der Waals surface area (Å²) in [5.74, 6) is -0.0512. The number of hydrogen-bond donors (Lipinski definition) is 2. The van der Waals surface area contributed by atoms with Gasteiger partial charge in [0, 0.05) is 19.3 Å². The third-order valence-electron chi connectivity index (χ3n) is 2.01. The summed E-state index contributed by atoms with van der Waals surface area (Å²) in [7, 11) is 1.64. The van der Waals surface area contributed by atoms with Gasteiger partial charge in [-0.25, -0.2) is 0 Å². The largest absolute Gasteiger partial charge is 0.385 e. The second-order valence-corrected chi connectivity index (χ2v) is 3.16. The summed E-state index contributed by atoms with van der Waals surface area (Å²) < 4.78 is 0. The van der Waals surface area contributed by atoms with Gasteiger partial charge in [-0.2, -0.15) is 0 Å². The number of aryl methyl sites for hydroxylation is 1. The van der Waals surface area contributed by atoms with Crippen molar-refractivity contribution in [1.82, 2.24) is 5.32 Å². The standard InChI is InChI=1S/C11H16N2O/c1-4-13-10-6-5-8(2)7-9(10)11(14)12-3/h5-7,13H,4H2,1-3H3,(H,12,14). The first kappa shape index (κ1) is 10.6. The molecule has 0 saturated carbocycles. The minimum Gasteiger partial charge on any atom is -0.385 e. The van der Waals surface area contributed by atoms with Crippen LogP contribution >= 0.6 is 0 Å². The first-order chi connectivity index (χ1) is 6.69. The molecule has 0 atom stereocenters. The van der Waals surface area contributed by atoms with Gasteiger partial charge < -0.3 is 10.6 Å². The lowest BCUT2D eigenvalue weighted by Gasteiger charge is -2.10. The first-order valence-electron chi connectivity index (χ1n) is 4.75. The lowest BCUT2D eigenvalue weighted by Crippen LogP contribution is -2.19. The summed E-state index contributed by atoms with van der Waals surface area (Å²) in [6.45, 7) is 4.79. The van der Waals surface area contributed by atoms with Crippen molar-refractivity contribution in [2.75, 3.05) is 18.9 Å². The van der Waals surface area contributed by atoms with Crippen molar-refractivity contribution >= 4 is 11.6 Å². The van der Waals surface area contributed by atoms with E-state index in [0.29, 0.717) is 5.56 Å². The van der Waals surface area contributed by atoms with Crippen molar-refractivity contribution in [2.24, 2.45) is 0 Å². The number of carbonyl (C=O) groups excluding carboxylic acids is 1. The molecule has 14 heavy (non-hydrogen) atoms. The normalized spacial score (nSPS) is 9.64. The van der Waals surface area contributed by atoms with E-state index in [1.54, 1.807) is 7.05 Å². The molecule has 0 aliphatic carbocycles. The van der Waals surface area contributed by atoms with Gasteiger partial charge in [-0.15, -0.1) is 0 Å². The molecule has 2 N–H and O–H groups in total. The van der Waals surface area contributed by atoms with Crippen LogP contribution in [0.25, 0.3) is 0 Å². The topological polar surface area (TPSA) is 41.1 Å². The maximum atomic E-state index is 11.5. The van der Waals surface area contributed by atoms with E-state index < -0.39 is 0 Å². The van der Waals surface area contributed by atoms with Crippen LogP contribution in [0.15, 0.2) is 18.2 Å². The van der Waals surface area contributed by atoms with Crippen LogP contribution in [0.4, 0.5) is 5.69 Å². The molecule has 0 aromatic heterocycles. The lowest BCUT2D eigenvalue weighted by molar-refractivity contribution is 0.0964. The van der Waals surface area contributed by atoms with E-state index in [9.17, 15) is 4.79 Å². The van der Waals surface area contributed by atoms with Crippen molar-refractivity contribution in [1.29, 1.82) is 0 Å². The van der Waals surface area contributed by atoms with Crippen molar-refractivity contribution in [3.05, 3.63) is 29.3 Å². The van der Waals surface area contributed by atoms with Crippen LogP contribution in [0.5, 0.6) is 0 Å². The SMILES string of the molecule is CCNc1ccc(C)cc1C(=O)NC. The lowest BCUT2D eigenvalue weighted by atomic mass is 10.1. The maximum Gasteiger partial charge on any atom is 0.253 e. The van der Waals surface area contributed by atoms with E-state index in [1.807, 2.05) is 32.0 Å². The first-order valence-corrected chi connectivity index (χ1v) is 4.75. The molecule has 0 fully saturated rings. The van der Waals surface area contributed by atoms with Gasteiger partial charge in [0.1, 0.15) is 0 Å². The highest BCUT2D eigenvalue weighted by Gasteiger charge is 2.08. The molecule has 0 heterocycles. The van der Waals surface area contributed by atoms with Gasteiger partial charge in [-0.05, 0) is 26.0 Å². The van der Waals surface area contributed by atoms with Crippen LogP contribution in [0.2, 0.25) is 0 Å². The highest BCUT2D eigenvalue weighted by molar-refractivity contribution is 5.99. The van der Waals surface area contributed by atoms with Crippen molar-refractivity contribution in [3.8, 4) is 0 Å². The molecule has 3 heteroatoms. The van der Waals surface area contributed by atoms with E-state index in [1.165, 1.54) is 0 Å². The Morgan fingerprint density at radius 3 is 2.71 bits per heavy atom. The monoisotopic (exact) mass is 192 g/mol. The average Bonchev–Trinajstić information content (AvgIpc) is 2.20. The summed E-state index contributed by atoms with van der Waals surface area (Å²) in [5, 5.41) is 5.79. The third-order valence-corrected chi connectivity index (χ3v) is 2.01. The fourth-order valence-corrected chi connectivity index (χ4v) is 1.33. The number of amides is 1. The number of anilines is 1. The third kappa shape index (κ3) is 2.25. The van der Waals surface area contributed by atoms with Crippen LogP contribution in [-0.2, 0) is 0 Å². The summed E-state index contributed by atoms with van der Waals surface area (Å²) in [6.07, 6.45) is 0. The van der Waals surface area contributed by atoms with Crippen LogP contribution in [-0.4, -0.2) is 19.5 Å². The van der Waals surface area contributed by atoms with Gasteiger partial charge in [0.15, 0.2) is 0 Å². The molecule has 1 aromatic rings. The smallest absolute Gasteiger partial charge is 0.253 e. The molecule has 0 radical (unpaired) electrons. The van der Waals surface area contributed by atoms with Crippen molar-refractivity contribution < 1.29 is 4.79 Å². The predicted molar refractivity (Wildman–Crippen MR) is 58.7 cm³/mol. The Balaban J connectivity index is 3.08. The van der Waals surface area contributed by atoms with E-state index in [-0.39, 0.29) is 5.91 Å². The molecule has 3 nitrogen and oxygen atoms in total. The van der Waals surface area contributed by atoms with E-state index in [2.05, 4.69) is 10.6 Å². The fourth-order valence-electron chi connectivity index (χ4n) is 1.33. The molecule has 0 saturated heterocycles. The van der Waals surface area contributed by atoms with Gasteiger partial charge in [0.05, 0.1) is 5.56 Å². The van der Waals surface area contributed by atoms with E-state index in [4.69, 9.17) is 0 Å². The second-order valence-electron chi connectivity index (χ2n) is 3.16. The summed E-state index contributed by atoms with van der Waals surface area (Å²) >= 11 is 0. The van der Waals surface area contributed by atoms with Crippen LogP contribution in [0, 0.1) is 6.92 Å². The Morgan fingerprint density at radius 2 is 2.14 bits per heavy atom. The molecule has 76 valence electrons. The number of rotatable bonds is 3. The van der Waals surface area contributed by atoms with Crippen LogP contribution < -0.4 is 10.6 Å². The quantitative estimate of drug-likeness (QED) is 0.766. The molecular formula is C11H16N2O. The molecule has 0 aliphatic rings. The Bertz CT molecular complexity index is 334. The zero-order valence-electron chi connectivity index (χ0n) is 8.85. The fraction of sp³-hybridized carbons (Fsp3) is 0.364. The van der Waals surface area contributed by atoms with Crippen LogP contribution in [0.1, 0.15) is 22.8 Å². The number of hydrogen-bond acceptors (Lipinski definition) is 2. The predicted octanol–water partition coefficient (Wildman–Crippen LogP) is 1.79. The molecular weight excluding hydrogens is 176 g/mol. The van der Waals surface area contributed by atoms with Gasteiger partial charge in [-0.1, -0.05) is 11.6 Å². The average molecular weight is 192 g/mol. The van der Waals surface area contributed by atoms with E-state index >= 15 is 0 Å². The number of carbonyl (C=O) groups is 1. The Kier molecular flexibility index (Phi) is 3.51. The Hall–Kier alpha value is -1.51. The highest BCUT2D eigenvalue weighted by atomic mass is 16.1. The molecule has 1 amide bonds. The minimum absolute atomic E-state index is 0.0512. The summed E-state index contributed by atoms with van der Waals surface area (Å²) in [4.78, 5) is 11.5. The summed E-state index contributed by atoms with van der Waals surface area (Å²) in [6, 6.07) is 5.81. The molecule has 0 spiro atoms. The van der Waals surface area contributed by atoms with Gasteiger partial charge in [0.25, 0.3) is 5.91 Å². The summed E-state index contributed by atoms with van der Waals surface area (Å²) in [5.41, 5.74) is 2.68. The minimum atomic E-state index is -0.0512. The molecule has 0 bridgehead atoms. The molecule has 0 aliphatic heterocycles. The number of benzene rings is 1. The van der Waals surface area contributed by atoms with Crippen LogP contribution in [0.3, 0.4) is 0 Å². The Labute approximate surface area is 84.5 Å². The molecule has 1 rings (SSSR count).